The minimum absolute atomic E-state index is 0.123. The molecule has 150 valence electrons. The number of fused-ring (bicyclic) bond motifs is 1. The molecule has 1 aromatic heterocycles. The number of hydrazine groups is 1. The highest BCUT2D eigenvalue weighted by molar-refractivity contribution is 5.93. The van der Waals surface area contributed by atoms with Crippen LogP contribution >= 0.6 is 0 Å². The molecule has 0 saturated carbocycles. The third kappa shape index (κ3) is 5.01. The molecule has 0 atom stereocenters. The lowest BCUT2D eigenvalue weighted by Gasteiger charge is -2.11. The Morgan fingerprint density at radius 1 is 1.10 bits per heavy atom. The minimum Gasteiger partial charge on any atom is -0.311 e. The first-order valence-electron chi connectivity index (χ1n) is 8.60. The van der Waals surface area contributed by atoms with Gasteiger partial charge in [-0.2, -0.15) is 13.2 Å². The minimum atomic E-state index is -4.72. The summed E-state index contributed by atoms with van der Waals surface area (Å²) in [5, 5.41) is 0. The van der Waals surface area contributed by atoms with Crippen LogP contribution in [0.15, 0.2) is 54.6 Å². The van der Waals surface area contributed by atoms with Crippen molar-refractivity contribution < 1.29 is 22.8 Å². The maximum Gasteiger partial charge on any atom is 0.449 e. The topological polar surface area (TPSA) is 76.0 Å². The van der Waals surface area contributed by atoms with Crippen molar-refractivity contribution >= 4 is 28.9 Å². The smallest absolute Gasteiger partial charge is 0.311 e. The maximum absolute atomic E-state index is 13.2. The summed E-state index contributed by atoms with van der Waals surface area (Å²) in [4.78, 5) is 27.5. The second kappa shape index (κ2) is 8.17. The molecule has 2 amide bonds. The van der Waals surface area contributed by atoms with Gasteiger partial charge in [0.05, 0.1) is 11.0 Å². The average Bonchev–Trinajstić information content (AvgIpc) is 3.04. The molecule has 2 N–H and O–H groups in total. The lowest BCUT2D eigenvalue weighted by Crippen LogP contribution is -2.42. The molecule has 0 radical (unpaired) electrons. The van der Waals surface area contributed by atoms with Crippen LogP contribution < -0.4 is 10.9 Å². The number of imidazole rings is 1. The van der Waals surface area contributed by atoms with E-state index in [0.717, 1.165) is 15.7 Å². The van der Waals surface area contributed by atoms with Crippen molar-refractivity contribution in [2.45, 2.75) is 19.6 Å². The summed E-state index contributed by atoms with van der Waals surface area (Å²) >= 11 is 0. The van der Waals surface area contributed by atoms with Crippen LogP contribution in [0.25, 0.3) is 17.1 Å². The maximum atomic E-state index is 13.2. The molecule has 0 aliphatic rings. The van der Waals surface area contributed by atoms with E-state index in [1.54, 1.807) is 24.3 Å². The molecule has 0 spiro atoms. The quantitative estimate of drug-likeness (QED) is 0.520. The number of carbonyl (C=O) groups excluding carboxylic acids is 2. The fraction of sp³-hybridized carbons (Fsp3) is 0.150. The first-order chi connectivity index (χ1) is 13.7. The van der Waals surface area contributed by atoms with Crippen molar-refractivity contribution in [3.05, 3.63) is 71.6 Å². The number of nitrogens with zero attached hydrogens (tertiary/aromatic N) is 2. The normalized spacial score (nSPS) is 11.7. The Labute approximate surface area is 164 Å². The first kappa shape index (κ1) is 20.1. The fourth-order valence-corrected chi connectivity index (χ4v) is 2.75. The Hall–Kier alpha value is -3.62. The molecule has 9 heteroatoms. The van der Waals surface area contributed by atoms with Gasteiger partial charge >= 0.3 is 6.18 Å². The number of aryl methyl sites for hydroxylation is 1. The zero-order chi connectivity index (χ0) is 21.0. The lowest BCUT2D eigenvalue weighted by atomic mass is 10.1. The fourth-order valence-electron chi connectivity index (χ4n) is 2.75. The van der Waals surface area contributed by atoms with Gasteiger partial charge in [0.25, 0.3) is 11.8 Å². The van der Waals surface area contributed by atoms with Gasteiger partial charge in [0.15, 0.2) is 0 Å². The monoisotopic (exact) mass is 402 g/mol. The van der Waals surface area contributed by atoms with Crippen molar-refractivity contribution in [1.29, 1.82) is 0 Å². The van der Waals surface area contributed by atoms with Gasteiger partial charge in [-0.15, -0.1) is 0 Å². The van der Waals surface area contributed by atoms with E-state index in [-0.39, 0.29) is 11.0 Å². The van der Waals surface area contributed by atoms with Gasteiger partial charge in [-0.25, -0.2) is 4.98 Å². The molecule has 0 saturated heterocycles. The number of aromatic nitrogens is 2. The van der Waals surface area contributed by atoms with E-state index in [9.17, 15) is 22.8 Å². The third-order valence-electron chi connectivity index (χ3n) is 4.00. The van der Waals surface area contributed by atoms with Crippen LogP contribution in [0.1, 0.15) is 17.0 Å². The predicted molar refractivity (Wildman–Crippen MR) is 101 cm³/mol. The van der Waals surface area contributed by atoms with Crippen LogP contribution in [0, 0.1) is 6.92 Å². The zero-order valence-corrected chi connectivity index (χ0v) is 15.3. The second-order valence-corrected chi connectivity index (χ2v) is 6.29. The van der Waals surface area contributed by atoms with E-state index in [4.69, 9.17) is 0 Å². The second-order valence-electron chi connectivity index (χ2n) is 6.29. The molecule has 6 nitrogen and oxygen atoms in total. The molecule has 1 heterocycles. The van der Waals surface area contributed by atoms with E-state index >= 15 is 0 Å². The molecule has 0 aliphatic heterocycles. The number of para-hydroxylation sites is 2. The predicted octanol–water partition coefficient (Wildman–Crippen LogP) is 3.22. The van der Waals surface area contributed by atoms with Gasteiger partial charge in [0.1, 0.15) is 6.54 Å². The molecule has 0 aliphatic carbocycles. The van der Waals surface area contributed by atoms with Crippen molar-refractivity contribution in [2.24, 2.45) is 0 Å². The van der Waals surface area contributed by atoms with Crippen molar-refractivity contribution in [1.82, 2.24) is 20.4 Å². The standard InChI is InChI=1S/C20H17F3N4O2/c1-13-5-4-6-14(11-13)9-10-17(28)25-26-18(29)12-27-16-8-3-2-7-15(16)24-19(27)20(21,22)23/h2-11H,12H2,1H3,(H,25,28)(H,26,29)/b10-9+. The first-order valence-corrected chi connectivity index (χ1v) is 8.60. The van der Waals surface area contributed by atoms with Crippen molar-refractivity contribution in [2.75, 3.05) is 0 Å². The number of nitrogens with one attached hydrogen (secondary N) is 2. The van der Waals surface area contributed by atoms with E-state index in [1.165, 1.54) is 18.2 Å². The zero-order valence-electron chi connectivity index (χ0n) is 15.3. The van der Waals surface area contributed by atoms with Crippen LogP contribution in [-0.4, -0.2) is 21.4 Å². The lowest BCUT2D eigenvalue weighted by molar-refractivity contribution is -0.147. The van der Waals surface area contributed by atoms with E-state index in [0.29, 0.717) is 0 Å². The number of benzene rings is 2. The van der Waals surface area contributed by atoms with E-state index < -0.39 is 30.4 Å². The Balaban J connectivity index is 1.66. The van der Waals surface area contributed by atoms with Gasteiger partial charge < -0.3 is 4.57 Å². The number of carbonyl (C=O) groups is 2. The van der Waals surface area contributed by atoms with Crippen LogP contribution in [-0.2, 0) is 22.3 Å². The molecular weight excluding hydrogens is 385 g/mol. The Bertz CT molecular complexity index is 1090. The summed E-state index contributed by atoms with van der Waals surface area (Å²) in [5.41, 5.74) is 6.36. The van der Waals surface area contributed by atoms with E-state index in [1.807, 2.05) is 25.1 Å². The summed E-state index contributed by atoms with van der Waals surface area (Å²) in [6.07, 6.45) is -1.96. The average molecular weight is 402 g/mol. The van der Waals surface area contributed by atoms with Crippen molar-refractivity contribution in [3.8, 4) is 0 Å². The van der Waals surface area contributed by atoms with E-state index in [2.05, 4.69) is 15.8 Å². The summed E-state index contributed by atoms with van der Waals surface area (Å²) in [7, 11) is 0. The summed E-state index contributed by atoms with van der Waals surface area (Å²) < 4.78 is 40.5. The SMILES string of the molecule is Cc1cccc(/C=C/C(=O)NNC(=O)Cn2c(C(F)(F)F)nc3ccccc32)c1. The van der Waals surface area contributed by atoms with Crippen LogP contribution in [0.4, 0.5) is 13.2 Å². The van der Waals surface area contributed by atoms with Crippen LogP contribution in [0.3, 0.4) is 0 Å². The van der Waals surface area contributed by atoms with Gasteiger partial charge in [-0.3, -0.25) is 20.4 Å². The van der Waals surface area contributed by atoms with Gasteiger partial charge in [-0.1, -0.05) is 42.0 Å². The molecular formula is C20H17F3N4O2. The van der Waals surface area contributed by atoms with Crippen molar-refractivity contribution in [3.63, 3.8) is 0 Å². The summed E-state index contributed by atoms with van der Waals surface area (Å²) in [6, 6.07) is 13.4. The Morgan fingerprint density at radius 2 is 1.86 bits per heavy atom. The highest BCUT2D eigenvalue weighted by atomic mass is 19.4. The van der Waals surface area contributed by atoms with Gasteiger partial charge in [0.2, 0.25) is 5.82 Å². The van der Waals surface area contributed by atoms with Gasteiger partial charge in [0, 0.05) is 6.08 Å². The molecule has 0 fully saturated rings. The molecule has 0 bridgehead atoms. The summed E-state index contributed by atoms with van der Waals surface area (Å²) in [5.74, 6) is -2.62. The Kier molecular flexibility index (Phi) is 5.67. The molecule has 3 aromatic rings. The number of hydrogen-bond acceptors (Lipinski definition) is 3. The molecule has 0 unspecified atom stereocenters. The molecule has 2 aromatic carbocycles. The van der Waals surface area contributed by atoms with Crippen LogP contribution in [0.5, 0.6) is 0 Å². The number of rotatable bonds is 4. The van der Waals surface area contributed by atoms with Gasteiger partial charge in [-0.05, 0) is 30.7 Å². The number of alkyl halides is 3. The number of amides is 2. The Morgan fingerprint density at radius 3 is 2.59 bits per heavy atom. The molecule has 3 rings (SSSR count). The number of hydrogen-bond donors (Lipinski definition) is 2. The molecule has 29 heavy (non-hydrogen) atoms. The highest BCUT2D eigenvalue weighted by Gasteiger charge is 2.38. The largest absolute Gasteiger partial charge is 0.449 e. The highest BCUT2D eigenvalue weighted by Crippen LogP contribution is 2.31. The third-order valence-corrected chi connectivity index (χ3v) is 4.00. The number of halogens is 3. The van der Waals surface area contributed by atoms with Crippen LogP contribution in [0.2, 0.25) is 0 Å². The summed E-state index contributed by atoms with van der Waals surface area (Å²) in [6.45, 7) is 1.25.